The summed E-state index contributed by atoms with van der Waals surface area (Å²) in [5, 5.41) is 8.61. The van der Waals surface area contributed by atoms with Crippen LogP contribution in [0, 0.1) is 5.92 Å². The van der Waals surface area contributed by atoms with Crippen molar-refractivity contribution in [1.82, 2.24) is 16.0 Å². The highest BCUT2D eigenvalue weighted by molar-refractivity contribution is 5.97. The molecular weight excluding hydrogens is 446 g/mol. The van der Waals surface area contributed by atoms with Gasteiger partial charge in [-0.2, -0.15) is 0 Å². The molecule has 3 amide bonds. The van der Waals surface area contributed by atoms with E-state index in [1.54, 1.807) is 30.3 Å². The molecule has 0 saturated carbocycles. The maximum absolute atomic E-state index is 13.0. The molecule has 2 aromatic rings. The fourth-order valence-corrected chi connectivity index (χ4v) is 3.83. The Balaban J connectivity index is 1.54. The predicted molar refractivity (Wildman–Crippen MR) is 133 cm³/mol. The molecule has 0 spiro atoms. The van der Waals surface area contributed by atoms with Gasteiger partial charge in [0, 0.05) is 30.8 Å². The van der Waals surface area contributed by atoms with Gasteiger partial charge in [-0.1, -0.05) is 56.7 Å². The van der Waals surface area contributed by atoms with Crippen molar-refractivity contribution in [2.45, 2.75) is 51.8 Å². The Morgan fingerprint density at radius 3 is 2.51 bits per heavy atom. The molecule has 3 N–H and O–H groups in total. The molecule has 1 heterocycles. The van der Waals surface area contributed by atoms with Gasteiger partial charge in [0.1, 0.15) is 11.8 Å². The molecule has 0 radical (unpaired) electrons. The number of para-hydroxylation sites is 1. The lowest BCUT2D eigenvalue weighted by molar-refractivity contribution is -0.125. The molecule has 1 fully saturated rings. The minimum Gasteiger partial charge on any atom is -0.483 e. The molecule has 3 unspecified atom stereocenters. The maximum Gasteiger partial charge on any atom is 0.258 e. The van der Waals surface area contributed by atoms with E-state index in [-0.39, 0.29) is 42.9 Å². The molecule has 188 valence electrons. The number of hydrogen-bond donors (Lipinski definition) is 3. The monoisotopic (exact) mass is 481 g/mol. The summed E-state index contributed by atoms with van der Waals surface area (Å²) >= 11 is 0. The summed E-state index contributed by atoms with van der Waals surface area (Å²) in [5.41, 5.74) is 1.25. The first-order valence-electron chi connectivity index (χ1n) is 12.2. The Morgan fingerprint density at radius 1 is 1.06 bits per heavy atom. The van der Waals surface area contributed by atoms with Gasteiger partial charge in [0.25, 0.3) is 11.8 Å². The second-order valence-corrected chi connectivity index (χ2v) is 8.76. The third kappa shape index (κ3) is 8.10. The molecule has 1 saturated heterocycles. The molecule has 3 rings (SSSR count). The van der Waals surface area contributed by atoms with Crippen molar-refractivity contribution >= 4 is 17.7 Å². The zero-order valence-electron chi connectivity index (χ0n) is 20.4. The van der Waals surface area contributed by atoms with Crippen LogP contribution in [0.15, 0.2) is 54.6 Å². The number of carbonyl (C=O) groups excluding carboxylic acids is 3. The van der Waals surface area contributed by atoms with Gasteiger partial charge < -0.3 is 25.4 Å². The van der Waals surface area contributed by atoms with E-state index in [0.29, 0.717) is 17.9 Å². The highest BCUT2D eigenvalue weighted by Gasteiger charge is 2.26. The smallest absolute Gasteiger partial charge is 0.258 e. The zero-order chi connectivity index (χ0) is 25.0. The fourth-order valence-electron chi connectivity index (χ4n) is 3.83. The topological polar surface area (TPSA) is 106 Å². The molecule has 0 bridgehead atoms. The van der Waals surface area contributed by atoms with Gasteiger partial charge in [-0.15, -0.1) is 0 Å². The molecule has 8 heteroatoms. The Bertz CT molecular complexity index is 976. The van der Waals surface area contributed by atoms with E-state index in [0.717, 1.165) is 31.4 Å². The Labute approximate surface area is 206 Å². The van der Waals surface area contributed by atoms with Crippen LogP contribution in [0.3, 0.4) is 0 Å². The molecule has 35 heavy (non-hydrogen) atoms. The van der Waals surface area contributed by atoms with Gasteiger partial charge in [-0.3, -0.25) is 14.4 Å². The normalized spacial score (nSPS) is 16.7. The first-order valence-corrected chi connectivity index (χ1v) is 12.2. The Kier molecular flexibility index (Phi) is 10.1. The van der Waals surface area contributed by atoms with E-state index < -0.39 is 6.04 Å². The average Bonchev–Trinajstić information content (AvgIpc) is 3.42. The van der Waals surface area contributed by atoms with Crippen LogP contribution in [0.4, 0.5) is 0 Å². The first-order chi connectivity index (χ1) is 17.0. The van der Waals surface area contributed by atoms with Crippen LogP contribution < -0.4 is 20.7 Å². The average molecular weight is 482 g/mol. The SMILES string of the molecule is CCC(C)C(NC(=O)c1ccccc1)C(=O)NCc1ccccc1OCC(=O)NCC1CCCO1. The summed E-state index contributed by atoms with van der Waals surface area (Å²) in [4.78, 5) is 37.8. The zero-order valence-corrected chi connectivity index (χ0v) is 20.4. The van der Waals surface area contributed by atoms with Crippen molar-refractivity contribution in [2.75, 3.05) is 19.8 Å². The van der Waals surface area contributed by atoms with Crippen LogP contribution in [0.2, 0.25) is 0 Å². The second-order valence-electron chi connectivity index (χ2n) is 8.76. The first kappa shape index (κ1) is 26.2. The van der Waals surface area contributed by atoms with Gasteiger partial charge >= 0.3 is 0 Å². The highest BCUT2D eigenvalue weighted by atomic mass is 16.5. The highest BCUT2D eigenvalue weighted by Crippen LogP contribution is 2.18. The third-order valence-electron chi connectivity index (χ3n) is 6.15. The van der Waals surface area contributed by atoms with E-state index in [9.17, 15) is 14.4 Å². The van der Waals surface area contributed by atoms with E-state index >= 15 is 0 Å². The van der Waals surface area contributed by atoms with Gasteiger partial charge in [-0.25, -0.2) is 0 Å². The molecule has 3 atom stereocenters. The van der Waals surface area contributed by atoms with E-state index in [1.165, 1.54) is 0 Å². The van der Waals surface area contributed by atoms with Crippen LogP contribution >= 0.6 is 0 Å². The van der Waals surface area contributed by atoms with E-state index in [4.69, 9.17) is 9.47 Å². The van der Waals surface area contributed by atoms with Crippen LogP contribution in [0.5, 0.6) is 5.75 Å². The van der Waals surface area contributed by atoms with E-state index in [2.05, 4.69) is 16.0 Å². The number of carbonyl (C=O) groups is 3. The number of nitrogens with one attached hydrogen (secondary N) is 3. The van der Waals surface area contributed by atoms with Crippen LogP contribution in [0.25, 0.3) is 0 Å². The largest absolute Gasteiger partial charge is 0.483 e. The number of hydrogen-bond acceptors (Lipinski definition) is 5. The molecule has 8 nitrogen and oxygen atoms in total. The van der Waals surface area contributed by atoms with Gasteiger partial charge in [0.05, 0.1) is 6.10 Å². The van der Waals surface area contributed by atoms with Crippen molar-refractivity contribution in [3.63, 3.8) is 0 Å². The Morgan fingerprint density at radius 2 is 1.80 bits per heavy atom. The summed E-state index contributed by atoms with van der Waals surface area (Å²) in [6.45, 7) is 5.21. The number of rotatable bonds is 12. The standard InChI is InChI=1S/C27H35N3O5/c1-3-19(2)25(30-26(32)20-10-5-4-6-11-20)27(33)29-16-21-12-7-8-14-23(21)35-18-24(31)28-17-22-13-9-15-34-22/h4-8,10-12,14,19,22,25H,3,9,13,15-18H2,1-2H3,(H,28,31)(H,29,33)(H,30,32). The van der Waals surface area contributed by atoms with Crippen molar-refractivity contribution < 1.29 is 23.9 Å². The summed E-state index contributed by atoms with van der Waals surface area (Å²) < 4.78 is 11.2. The fraction of sp³-hybridized carbons (Fsp3) is 0.444. The van der Waals surface area contributed by atoms with Gasteiger partial charge in [-0.05, 0) is 37.0 Å². The predicted octanol–water partition coefficient (Wildman–Crippen LogP) is 2.82. The molecule has 1 aliphatic heterocycles. The molecular formula is C27H35N3O5. The number of amides is 3. The summed E-state index contributed by atoms with van der Waals surface area (Å²) in [6, 6.07) is 15.4. The maximum atomic E-state index is 13.0. The molecule has 1 aliphatic rings. The molecule has 0 aromatic heterocycles. The van der Waals surface area contributed by atoms with Crippen molar-refractivity contribution in [1.29, 1.82) is 0 Å². The summed E-state index contributed by atoms with van der Waals surface area (Å²) in [7, 11) is 0. The number of benzene rings is 2. The third-order valence-corrected chi connectivity index (χ3v) is 6.15. The van der Waals surface area contributed by atoms with Crippen LogP contribution in [0.1, 0.15) is 49.0 Å². The molecule has 2 aromatic carbocycles. The van der Waals surface area contributed by atoms with E-state index in [1.807, 2.05) is 38.1 Å². The minimum absolute atomic E-state index is 0.0540. The second kappa shape index (κ2) is 13.5. The van der Waals surface area contributed by atoms with Crippen LogP contribution in [-0.4, -0.2) is 49.6 Å². The lowest BCUT2D eigenvalue weighted by Gasteiger charge is -2.24. The van der Waals surface area contributed by atoms with Crippen molar-refractivity contribution in [2.24, 2.45) is 5.92 Å². The Hall–Kier alpha value is -3.39. The van der Waals surface area contributed by atoms with Gasteiger partial charge in [0.2, 0.25) is 5.91 Å². The summed E-state index contributed by atoms with van der Waals surface area (Å²) in [6.07, 6.45) is 2.77. The van der Waals surface area contributed by atoms with Crippen molar-refractivity contribution in [3.05, 3.63) is 65.7 Å². The lowest BCUT2D eigenvalue weighted by Crippen LogP contribution is -2.50. The molecule has 0 aliphatic carbocycles. The van der Waals surface area contributed by atoms with Crippen LogP contribution in [-0.2, 0) is 20.9 Å². The quantitative estimate of drug-likeness (QED) is 0.432. The lowest BCUT2D eigenvalue weighted by atomic mass is 9.97. The van der Waals surface area contributed by atoms with Gasteiger partial charge in [0.15, 0.2) is 6.61 Å². The minimum atomic E-state index is -0.677. The van der Waals surface area contributed by atoms with Crippen molar-refractivity contribution in [3.8, 4) is 5.75 Å². The summed E-state index contributed by atoms with van der Waals surface area (Å²) in [5.74, 6) is -0.313. The number of ether oxygens (including phenoxy) is 2.